The molecule has 3 rings (SSSR count). The van der Waals surface area contributed by atoms with Gasteiger partial charge in [0.25, 0.3) is 5.91 Å². The second-order valence-electron chi connectivity index (χ2n) is 6.92. The van der Waals surface area contributed by atoms with Gasteiger partial charge >= 0.3 is 0 Å². The fraction of sp³-hybridized carbons (Fsp3) is 0.125. The van der Waals surface area contributed by atoms with Crippen LogP contribution < -0.4 is 21.7 Å². The largest absolute Gasteiger partial charge is 0.376 e. The second-order valence-corrected chi connectivity index (χ2v) is 6.92. The molecule has 158 valence electrons. The highest BCUT2D eigenvalue weighted by atomic mass is 16.2. The molecule has 31 heavy (non-hydrogen) atoms. The van der Waals surface area contributed by atoms with E-state index in [2.05, 4.69) is 16.0 Å². The Bertz CT molecular complexity index is 1050. The number of primary amides is 1. The van der Waals surface area contributed by atoms with Gasteiger partial charge in [-0.05, 0) is 48.4 Å². The van der Waals surface area contributed by atoms with E-state index in [9.17, 15) is 14.4 Å². The number of aryl methyl sites for hydroxylation is 1. The summed E-state index contributed by atoms with van der Waals surface area (Å²) < 4.78 is 0. The number of carbonyl (C=O) groups excluding carboxylic acids is 3. The van der Waals surface area contributed by atoms with Gasteiger partial charge in [0.1, 0.15) is 0 Å². The van der Waals surface area contributed by atoms with Gasteiger partial charge in [-0.3, -0.25) is 14.4 Å². The number of hydrogen-bond acceptors (Lipinski definition) is 4. The van der Waals surface area contributed by atoms with Crippen molar-refractivity contribution in [3.8, 4) is 0 Å². The van der Waals surface area contributed by atoms with E-state index in [0.717, 1.165) is 5.56 Å². The minimum Gasteiger partial charge on any atom is -0.376 e. The molecule has 0 heterocycles. The number of amides is 3. The van der Waals surface area contributed by atoms with Crippen molar-refractivity contribution in [3.05, 3.63) is 90.0 Å². The average Bonchev–Trinajstić information content (AvgIpc) is 2.78. The Balaban J connectivity index is 1.46. The van der Waals surface area contributed by atoms with Crippen molar-refractivity contribution >= 4 is 34.8 Å². The van der Waals surface area contributed by atoms with E-state index in [1.54, 1.807) is 48.5 Å². The predicted octanol–water partition coefficient (Wildman–Crippen LogP) is 3.41. The Labute approximate surface area is 180 Å². The molecular weight excluding hydrogens is 392 g/mol. The zero-order valence-electron chi connectivity index (χ0n) is 16.9. The number of nitrogens with two attached hydrogens (primary N) is 1. The van der Waals surface area contributed by atoms with Gasteiger partial charge < -0.3 is 21.7 Å². The summed E-state index contributed by atoms with van der Waals surface area (Å²) in [5.74, 6) is -0.915. The standard InChI is InChI=1S/C24H24N4O3/c25-24(31)20-8-4-5-9-21(20)26-16-23(30)28-19-13-11-18(12-14-19)27-22(29)15-10-17-6-2-1-3-7-17/h1-9,11-14,26H,10,15-16H2,(H2,25,31)(H,27,29)(H,28,30). The first-order valence-corrected chi connectivity index (χ1v) is 9.87. The maximum Gasteiger partial charge on any atom is 0.250 e. The number of nitrogens with one attached hydrogen (secondary N) is 3. The number of benzene rings is 3. The molecule has 0 radical (unpaired) electrons. The van der Waals surface area contributed by atoms with E-state index in [0.29, 0.717) is 35.5 Å². The lowest BCUT2D eigenvalue weighted by molar-refractivity contribution is -0.116. The summed E-state index contributed by atoms with van der Waals surface area (Å²) in [6.45, 7) is -0.0255. The molecule has 5 N–H and O–H groups in total. The second kappa shape index (κ2) is 10.6. The lowest BCUT2D eigenvalue weighted by atomic mass is 10.1. The highest BCUT2D eigenvalue weighted by molar-refractivity contribution is 6.00. The van der Waals surface area contributed by atoms with Gasteiger partial charge in [0.05, 0.1) is 12.1 Å². The maximum absolute atomic E-state index is 12.2. The lowest BCUT2D eigenvalue weighted by Crippen LogP contribution is -2.23. The Morgan fingerprint density at radius 1 is 0.710 bits per heavy atom. The molecule has 7 heteroatoms. The normalized spacial score (nSPS) is 10.2. The molecule has 3 aromatic carbocycles. The number of carbonyl (C=O) groups is 3. The highest BCUT2D eigenvalue weighted by Gasteiger charge is 2.09. The van der Waals surface area contributed by atoms with Crippen LogP contribution in [-0.2, 0) is 16.0 Å². The minimum absolute atomic E-state index is 0.0255. The van der Waals surface area contributed by atoms with Crippen LogP contribution in [-0.4, -0.2) is 24.3 Å². The quantitative estimate of drug-likeness (QED) is 0.428. The van der Waals surface area contributed by atoms with Crippen molar-refractivity contribution in [2.45, 2.75) is 12.8 Å². The third-order valence-electron chi connectivity index (χ3n) is 4.57. The van der Waals surface area contributed by atoms with Crippen LogP contribution in [0.4, 0.5) is 17.1 Å². The summed E-state index contributed by atoms with van der Waals surface area (Å²) in [5.41, 5.74) is 8.52. The van der Waals surface area contributed by atoms with Gasteiger partial charge in [0.15, 0.2) is 0 Å². The zero-order valence-corrected chi connectivity index (χ0v) is 16.9. The van der Waals surface area contributed by atoms with E-state index in [4.69, 9.17) is 5.73 Å². The number of hydrogen-bond donors (Lipinski definition) is 4. The van der Waals surface area contributed by atoms with Crippen molar-refractivity contribution in [2.75, 3.05) is 22.5 Å². The Morgan fingerprint density at radius 2 is 1.29 bits per heavy atom. The molecule has 7 nitrogen and oxygen atoms in total. The summed E-state index contributed by atoms with van der Waals surface area (Å²) in [6, 6.07) is 23.4. The fourth-order valence-electron chi connectivity index (χ4n) is 3.00. The molecule has 0 fully saturated rings. The van der Waals surface area contributed by atoms with Gasteiger partial charge in [-0.15, -0.1) is 0 Å². The smallest absolute Gasteiger partial charge is 0.250 e. The van der Waals surface area contributed by atoms with Crippen molar-refractivity contribution in [1.82, 2.24) is 0 Å². The lowest BCUT2D eigenvalue weighted by Gasteiger charge is -2.11. The molecule has 0 aliphatic carbocycles. The van der Waals surface area contributed by atoms with Crippen LogP contribution in [0.25, 0.3) is 0 Å². The van der Waals surface area contributed by atoms with Gasteiger partial charge in [-0.1, -0.05) is 42.5 Å². The first kappa shape index (κ1) is 21.6. The Hall–Kier alpha value is -4.13. The summed E-state index contributed by atoms with van der Waals surface area (Å²) >= 11 is 0. The third kappa shape index (κ3) is 6.71. The van der Waals surface area contributed by atoms with Gasteiger partial charge in [0, 0.05) is 23.5 Å². The van der Waals surface area contributed by atoms with E-state index in [-0.39, 0.29) is 18.4 Å². The van der Waals surface area contributed by atoms with Crippen LogP contribution in [0.3, 0.4) is 0 Å². The van der Waals surface area contributed by atoms with Gasteiger partial charge in [0.2, 0.25) is 11.8 Å². The van der Waals surface area contributed by atoms with Crippen LogP contribution in [0.2, 0.25) is 0 Å². The van der Waals surface area contributed by atoms with E-state index in [1.807, 2.05) is 30.3 Å². The zero-order chi connectivity index (χ0) is 22.1. The molecule has 0 saturated carbocycles. The average molecular weight is 416 g/mol. The van der Waals surface area contributed by atoms with E-state index < -0.39 is 5.91 Å². The molecule has 0 atom stereocenters. The van der Waals surface area contributed by atoms with E-state index in [1.165, 1.54) is 0 Å². The molecule has 0 saturated heterocycles. The summed E-state index contributed by atoms with van der Waals surface area (Å²) in [7, 11) is 0. The molecule has 0 aliphatic heterocycles. The van der Waals surface area contributed by atoms with Crippen molar-refractivity contribution < 1.29 is 14.4 Å². The van der Waals surface area contributed by atoms with Gasteiger partial charge in [-0.2, -0.15) is 0 Å². The Kier molecular flexibility index (Phi) is 7.37. The molecule has 0 aliphatic rings. The molecule has 0 unspecified atom stereocenters. The van der Waals surface area contributed by atoms with Crippen molar-refractivity contribution in [1.29, 1.82) is 0 Å². The first-order valence-electron chi connectivity index (χ1n) is 9.87. The Morgan fingerprint density at radius 3 is 1.94 bits per heavy atom. The maximum atomic E-state index is 12.2. The molecule has 3 aromatic rings. The summed E-state index contributed by atoms with van der Waals surface area (Å²) in [6.07, 6.45) is 1.06. The summed E-state index contributed by atoms with van der Waals surface area (Å²) in [4.78, 5) is 35.7. The van der Waals surface area contributed by atoms with Crippen molar-refractivity contribution in [2.24, 2.45) is 5.73 Å². The first-order chi connectivity index (χ1) is 15.0. The highest BCUT2D eigenvalue weighted by Crippen LogP contribution is 2.16. The fourth-order valence-corrected chi connectivity index (χ4v) is 3.00. The third-order valence-corrected chi connectivity index (χ3v) is 4.57. The number of para-hydroxylation sites is 1. The van der Waals surface area contributed by atoms with Crippen LogP contribution in [0.5, 0.6) is 0 Å². The SMILES string of the molecule is NC(=O)c1ccccc1NCC(=O)Nc1ccc(NC(=O)CCc2ccccc2)cc1. The monoisotopic (exact) mass is 416 g/mol. The van der Waals surface area contributed by atoms with E-state index >= 15 is 0 Å². The van der Waals surface area contributed by atoms with Gasteiger partial charge in [-0.25, -0.2) is 0 Å². The molecular formula is C24H24N4O3. The molecule has 0 bridgehead atoms. The van der Waals surface area contributed by atoms with Crippen LogP contribution in [0, 0.1) is 0 Å². The molecule has 3 amide bonds. The topological polar surface area (TPSA) is 113 Å². The van der Waals surface area contributed by atoms with Crippen LogP contribution in [0.1, 0.15) is 22.3 Å². The summed E-state index contributed by atoms with van der Waals surface area (Å²) in [5, 5.41) is 8.52. The molecule has 0 spiro atoms. The predicted molar refractivity (Wildman–Crippen MR) is 122 cm³/mol. The molecule has 0 aromatic heterocycles. The minimum atomic E-state index is -0.565. The van der Waals surface area contributed by atoms with Crippen molar-refractivity contribution in [3.63, 3.8) is 0 Å². The van der Waals surface area contributed by atoms with Crippen LogP contribution >= 0.6 is 0 Å². The van der Waals surface area contributed by atoms with Crippen LogP contribution in [0.15, 0.2) is 78.9 Å². The number of rotatable bonds is 9. The number of anilines is 3.